The van der Waals surface area contributed by atoms with Crippen LogP contribution in [0.15, 0.2) is 34.7 Å². The molecule has 1 heterocycles. The van der Waals surface area contributed by atoms with Crippen molar-refractivity contribution in [3.8, 4) is 5.75 Å². The Morgan fingerprint density at radius 2 is 2.06 bits per heavy atom. The van der Waals surface area contributed by atoms with Crippen LogP contribution in [0.3, 0.4) is 0 Å². The van der Waals surface area contributed by atoms with Crippen LogP contribution in [0.4, 0.5) is 0 Å². The monoisotopic (exact) mass is 245 g/mol. The topological polar surface area (TPSA) is 62.5 Å². The van der Waals surface area contributed by atoms with Crippen molar-refractivity contribution in [2.75, 3.05) is 0 Å². The highest BCUT2D eigenvalue weighted by Crippen LogP contribution is 2.17. The van der Waals surface area contributed by atoms with E-state index in [4.69, 9.17) is 4.42 Å². The molecule has 0 fully saturated rings. The molecule has 94 valence electrons. The van der Waals surface area contributed by atoms with Gasteiger partial charge in [-0.05, 0) is 49.7 Å². The number of nitrogens with one attached hydrogen (secondary N) is 1. The first-order chi connectivity index (χ1) is 8.56. The third-order valence-electron chi connectivity index (χ3n) is 2.68. The second-order valence-electron chi connectivity index (χ2n) is 4.20. The maximum absolute atomic E-state index is 11.9. The van der Waals surface area contributed by atoms with E-state index in [9.17, 15) is 9.90 Å². The fourth-order valence-electron chi connectivity index (χ4n) is 1.65. The molecule has 1 aromatic heterocycles. The Hall–Kier alpha value is -2.23. The molecule has 2 N–H and O–H groups in total. The first kappa shape index (κ1) is 12.2. The molecule has 2 rings (SSSR count). The number of carbonyl (C=O) groups excluding carboxylic acids is 1. The zero-order valence-corrected chi connectivity index (χ0v) is 10.4. The van der Waals surface area contributed by atoms with Gasteiger partial charge in [-0.2, -0.15) is 0 Å². The van der Waals surface area contributed by atoms with Crippen molar-refractivity contribution < 1.29 is 14.3 Å². The van der Waals surface area contributed by atoms with Crippen molar-refractivity contribution in [1.29, 1.82) is 0 Å². The third kappa shape index (κ3) is 2.71. The van der Waals surface area contributed by atoms with Crippen molar-refractivity contribution >= 4 is 5.91 Å². The van der Waals surface area contributed by atoms with Crippen LogP contribution in [-0.2, 0) is 6.54 Å². The minimum absolute atomic E-state index is 0.188. The second kappa shape index (κ2) is 4.96. The smallest absolute Gasteiger partial charge is 0.251 e. The van der Waals surface area contributed by atoms with Crippen molar-refractivity contribution in [1.82, 2.24) is 5.32 Å². The summed E-state index contributed by atoms with van der Waals surface area (Å²) in [6, 6.07) is 8.44. The second-order valence-corrected chi connectivity index (χ2v) is 4.20. The minimum Gasteiger partial charge on any atom is -0.508 e. The highest BCUT2D eigenvalue weighted by atomic mass is 16.3. The van der Waals surface area contributed by atoms with Gasteiger partial charge in [0.25, 0.3) is 5.91 Å². The van der Waals surface area contributed by atoms with Crippen LogP contribution >= 0.6 is 0 Å². The molecular formula is C14H15NO3. The largest absolute Gasteiger partial charge is 0.508 e. The van der Waals surface area contributed by atoms with E-state index in [0.29, 0.717) is 17.7 Å². The summed E-state index contributed by atoms with van der Waals surface area (Å²) in [7, 11) is 0. The summed E-state index contributed by atoms with van der Waals surface area (Å²) in [6.07, 6.45) is 0. The highest BCUT2D eigenvalue weighted by Gasteiger charge is 2.08. The lowest BCUT2D eigenvalue weighted by atomic mass is 10.1. The van der Waals surface area contributed by atoms with E-state index >= 15 is 0 Å². The van der Waals surface area contributed by atoms with Gasteiger partial charge < -0.3 is 14.8 Å². The van der Waals surface area contributed by atoms with Gasteiger partial charge in [0.1, 0.15) is 17.3 Å². The molecule has 2 aromatic rings. The first-order valence-corrected chi connectivity index (χ1v) is 5.69. The maximum atomic E-state index is 11.9. The molecule has 0 aliphatic heterocycles. The van der Waals surface area contributed by atoms with E-state index in [1.54, 1.807) is 19.1 Å². The average molecular weight is 245 g/mol. The number of aryl methyl sites for hydroxylation is 2. The number of rotatable bonds is 3. The molecule has 1 amide bonds. The van der Waals surface area contributed by atoms with Gasteiger partial charge in [0, 0.05) is 5.56 Å². The molecule has 0 atom stereocenters. The van der Waals surface area contributed by atoms with Crippen LogP contribution < -0.4 is 5.32 Å². The molecule has 18 heavy (non-hydrogen) atoms. The Morgan fingerprint density at radius 3 is 2.67 bits per heavy atom. The number of furan rings is 1. The van der Waals surface area contributed by atoms with Gasteiger partial charge in [-0.15, -0.1) is 0 Å². The number of phenolic OH excluding ortho intramolecular Hbond substituents is 1. The van der Waals surface area contributed by atoms with Crippen LogP contribution in [0.2, 0.25) is 0 Å². The van der Waals surface area contributed by atoms with Crippen LogP contribution in [0.25, 0.3) is 0 Å². The Balaban J connectivity index is 2.01. The Morgan fingerprint density at radius 1 is 1.28 bits per heavy atom. The maximum Gasteiger partial charge on any atom is 0.251 e. The zero-order chi connectivity index (χ0) is 13.1. The van der Waals surface area contributed by atoms with Gasteiger partial charge in [-0.25, -0.2) is 0 Å². The highest BCUT2D eigenvalue weighted by molar-refractivity contribution is 5.94. The van der Waals surface area contributed by atoms with Crippen LogP contribution in [0.1, 0.15) is 27.4 Å². The molecular weight excluding hydrogens is 230 g/mol. The lowest BCUT2D eigenvalue weighted by Crippen LogP contribution is -2.22. The van der Waals surface area contributed by atoms with Crippen molar-refractivity contribution in [3.05, 3.63) is 53.0 Å². The van der Waals surface area contributed by atoms with Gasteiger partial charge in [0.05, 0.1) is 6.54 Å². The summed E-state index contributed by atoms with van der Waals surface area (Å²) in [6.45, 7) is 3.96. The van der Waals surface area contributed by atoms with E-state index in [1.807, 2.05) is 19.1 Å². The molecule has 0 bridgehead atoms. The molecule has 1 aromatic carbocycles. The number of carbonyl (C=O) groups is 1. The summed E-state index contributed by atoms with van der Waals surface area (Å²) in [5, 5.41) is 12.2. The SMILES string of the molecule is Cc1ccc(CNC(=O)c2ccc(O)c(C)c2)o1. The van der Waals surface area contributed by atoms with Crippen LogP contribution in [0, 0.1) is 13.8 Å². The number of phenols is 1. The predicted molar refractivity (Wildman–Crippen MR) is 67.5 cm³/mol. The summed E-state index contributed by atoms with van der Waals surface area (Å²) in [5.41, 5.74) is 1.20. The van der Waals surface area contributed by atoms with E-state index in [1.165, 1.54) is 6.07 Å². The molecule has 4 nitrogen and oxygen atoms in total. The molecule has 0 saturated carbocycles. The first-order valence-electron chi connectivity index (χ1n) is 5.69. The van der Waals surface area contributed by atoms with Gasteiger partial charge in [0.2, 0.25) is 0 Å². The zero-order valence-electron chi connectivity index (χ0n) is 10.4. The van der Waals surface area contributed by atoms with Crippen molar-refractivity contribution in [2.24, 2.45) is 0 Å². The summed E-state index contributed by atoms with van der Waals surface area (Å²) >= 11 is 0. The molecule has 0 saturated heterocycles. The minimum atomic E-state index is -0.188. The lowest BCUT2D eigenvalue weighted by Gasteiger charge is -2.05. The number of amides is 1. The van der Waals surface area contributed by atoms with E-state index in [0.717, 1.165) is 11.5 Å². The third-order valence-corrected chi connectivity index (χ3v) is 2.68. The van der Waals surface area contributed by atoms with Gasteiger partial charge in [-0.1, -0.05) is 0 Å². The predicted octanol–water partition coefficient (Wildman–Crippen LogP) is 2.53. The molecule has 0 aliphatic rings. The standard InChI is InChI=1S/C14H15NO3/c1-9-7-11(4-6-13(9)16)14(17)15-8-12-5-3-10(2)18-12/h3-7,16H,8H2,1-2H3,(H,15,17). The van der Waals surface area contributed by atoms with Crippen LogP contribution in [-0.4, -0.2) is 11.0 Å². The summed E-state index contributed by atoms with van der Waals surface area (Å²) in [4.78, 5) is 11.9. The quantitative estimate of drug-likeness (QED) is 0.873. The van der Waals surface area contributed by atoms with Gasteiger partial charge in [0.15, 0.2) is 0 Å². The molecule has 0 unspecified atom stereocenters. The molecule has 0 spiro atoms. The number of aromatic hydroxyl groups is 1. The number of hydrogen-bond donors (Lipinski definition) is 2. The Bertz CT molecular complexity index is 572. The fraction of sp³-hybridized carbons (Fsp3) is 0.214. The van der Waals surface area contributed by atoms with Crippen molar-refractivity contribution in [2.45, 2.75) is 20.4 Å². The van der Waals surface area contributed by atoms with Gasteiger partial charge in [-0.3, -0.25) is 4.79 Å². The van der Waals surface area contributed by atoms with E-state index in [2.05, 4.69) is 5.32 Å². The Labute approximate surface area is 105 Å². The van der Waals surface area contributed by atoms with Gasteiger partial charge >= 0.3 is 0 Å². The number of hydrogen-bond acceptors (Lipinski definition) is 3. The average Bonchev–Trinajstić information content (AvgIpc) is 2.75. The molecule has 4 heteroatoms. The van der Waals surface area contributed by atoms with Crippen LogP contribution in [0.5, 0.6) is 5.75 Å². The summed E-state index contributed by atoms with van der Waals surface area (Å²) < 4.78 is 5.36. The normalized spacial score (nSPS) is 10.3. The molecule has 0 aliphatic carbocycles. The fourth-order valence-corrected chi connectivity index (χ4v) is 1.65. The Kier molecular flexibility index (Phi) is 3.37. The van der Waals surface area contributed by atoms with E-state index < -0.39 is 0 Å². The van der Waals surface area contributed by atoms with Crippen molar-refractivity contribution in [3.63, 3.8) is 0 Å². The number of benzene rings is 1. The summed E-state index contributed by atoms with van der Waals surface area (Å²) in [5.74, 6) is 1.54. The van der Waals surface area contributed by atoms with E-state index in [-0.39, 0.29) is 11.7 Å². The lowest BCUT2D eigenvalue weighted by molar-refractivity contribution is 0.0948. The molecule has 0 radical (unpaired) electrons.